The molecular formula is C21H29Cl2N5O2. The van der Waals surface area contributed by atoms with Gasteiger partial charge in [-0.2, -0.15) is 5.10 Å². The summed E-state index contributed by atoms with van der Waals surface area (Å²) in [5, 5.41) is 7.50. The molecule has 9 heteroatoms. The number of amides is 2. The highest BCUT2D eigenvalue weighted by molar-refractivity contribution is 5.86. The molecule has 7 nitrogen and oxygen atoms in total. The van der Waals surface area contributed by atoms with Gasteiger partial charge < -0.3 is 16.0 Å². The fourth-order valence-corrected chi connectivity index (χ4v) is 4.62. The molecule has 4 rings (SSSR count). The molecule has 2 aliphatic rings. The van der Waals surface area contributed by atoms with Crippen LogP contribution in [0.3, 0.4) is 0 Å². The smallest absolute Gasteiger partial charge is 0.226 e. The van der Waals surface area contributed by atoms with Gasteiger partial charge in [-0.1, -0.05) is 6.07 Å². The van der Waals surface area contributed by atoms with Crippen molar-refractivity contribution in [3.8, 4) is 0 Å². The van der Waals surface area contributed by atoms with E-state index in [4.69, 9.17) is 5.73 Å². The highest BCUT2D eigenvalue weighted by Crippen LogP contribution is 2.37. The number of aryl methyl sites for hydroxylation is 2. The average Bonchev–Trinajstić information content (AvgIpc) is 3.09. The topological polar surface area (TPSA) is 93.2 Å². The van der Waals surface area contributed by atoms with Crippen LogP contribution < -0.4 is 11.1 Å². The molecule has 3 N–H and O–H groups in total. The van der Waals surface area contributed by atoms with Crippen molar-refractivity contribution in [3.05, 3.63) is 47.3 Å². The number of carbonyl (C=O) groups excluding carboxylic acids is 2. The van der Waals surface area contributed by atoms with Crippen LogP contribution in [0.4, 0.5) is 5.69 Å². The van der Waals surface area contributed by atoms with Gasteiger partial charge >= 0.3 is 0 Å². The molecule has 0 radical (unpaired) electrons. The van der Waals surface area contributed by atoms with Crippen LogP contribution >= 0.6 is 24.8 Å². The second kappa shape index (κ2) is 9.71. The van der Waals surface area contributed by atoms with E-state index in [0.717, 1.165) is 36.1 Å². The maximum absolute atomic E-state index is 13.3. The third-order valence-corrected chi connectivity index (χ3v) is 6.06. The van der Waals surface area contributed by atoms with Crippen molar-refractivity contribution in [3.63, 3.8) is 0 Å². The molecule has 1 aliphatic carbocycles. The molecule has 2 heterocycles. The molecule has 2 amide bonds. The number of rotatable bonds is 3. The fourth-order valence-electron chi connectivity index (χ4n) is 4.62. The first-order chi connectivity index (χ1) is 13.4. The van der Waals surface area contributed by atoms with E-state index in [9.17, 15) is 9.59 Å². The Hall–Kier alpha value is -2.25. The first-order valence-electron chi connectivity index (χ1n) is 9.87. The summed E-state index contributed by atoms with van der Waals surface area (Å²) in [6.07, 6.45) is 7.51. The first kappa shape index (κ1) is 24.0. The molecule has 3 atom stereocenters. The number of fused-ring (bicyclic) bond motifs is 1. The van der Waals surface area contributed by atoms with Crippen LogP contribution in [-0.2, 0) is 23.1 Å². The van der Waals surface area contributed by atoms with Gasteiger partial charge in [0.05, 0.1) is 24.2 Å². The van der Waals surface area contributed by atoms with Gasteiger partial charge in [-0.3, -0.25) is 14.3 Å². The molecular weight excluding hydrogens is 425 g/mol. The quantitative estimate of drug-likeness (QED) is 0.698. The standard InChI is InChI=1S/C21H27N5O2.2ClH/c1-25-12-14(11-23-25)20-17(8-9-19(27)26(20)2)21(28)24-18-5-3-4-13-10-15(22)6-7-16(13)18;;/h6-7,10-12,17-18,20H,3-5,8-9,22H2,1-2H3,(H,24,28);2*1H. The zero-order valence-electron chi connectivity index (χ0n) is 17.2. The van der Waals surface area contributed by atoms with Gasteiger partial charge in [0.1, 0.15) is 0 Å². The fraction of sp³-hybridized carbons (Fsp3) is 0.476. The molecule has 1 saturated heterocycles. The monoisotopic (exact) mass is 453 g/mol. The predicted octanol–water partition coefficient (Wildman–Crippen LogP) is 2.95. The summed E-state index contributed by atoms with van der Waals surface area (Å²) < 4.78 is 1.71. The number of likely N-dealkylation sites (tertiary alicyclic amines) is 1. The summed E-state index contributed by atoms with van der Waals surface area (Å²) in [4.78, 5) is 27.3. The Morgan fingerprint density at radius 2 is 1.97 bits per heavy atom. The lowest BCUT2D eigenvalue weighted by atomic mass is 9.83. The molecule has 0 spiro atoms. The van der Waals surface area contributed by atoms with E-state index in [1.807, 2.05) is 31.4 Å². The maximum Gasteiger partial charge on any atom is 0.226 e. The molecule has 1 aromatic carbocycles. The maximum atomic E-state index is 13.3. The van der Waals surface area contributed by atoms with E-state index in [1.54, 1.807) is 22.8 Å². The highest BCUT2D eigenvalue weighted by atomic mass is 35.5. The SMILES string of the molecule is CN1C(=O)CCC(C(=O)NC2CCCc3cc(N)ccc32)C1c1cnn(C)c1.Cl.Cl. The molecule has 0 saturated carbocycles. The summed E-state index contributed by atoms with van der Waals surface area (Å²) in [6, 6.07) is 5.65. The van der Waals surface area contributed by atoms with Gasteiger partial charge in [0, 0.05) is 38.0 Å². The number of hydrogen-bond donors (Lipinski definition) is 2. The van der Waals surface area contributed by atoms with Gasteiger partial charge in [0.25, 0.3) is 0 Å². The molecule has 30 heavy (non-hydrogen) atoms. The van der Waals surface area contributed by atoms with Crippen molar-refractivity contribution >= 4 is 42.3 Å². The van der Waals surface area contributed by atoms with Crippen molar-refractivity contribution in [1.82, 2.24) is 20.0 Å². The van der Waals surface area contributed by atoms with Gasteiger partial charge in [0.15, 0.2) is 0 Å². The first-order valence-corrected chi connectivity index (χ1v) is 9.87. The van der Waals surface area contributed by atoms with Crippen molar-refractivity contribution in [2.45, 2.75) is 44.2 Å². The summed E-state index contributed by atoms with van der Waals surface area (Å²) in [6.45, 7) is 0. The number of nitrogens with zero attached hydrogens (tertiary/aromatic N) is 3. The van der Waals surface area contributed by atoms with Crippen LogP contribution in [-0.4, -0.2) is 33.5 Å². The second-order valence-corrected chi connectivity index (χ2v) is 7.95. The summed E-state index contributed by atoms with van der Waals surface area (Å²) in [5.41, 5.74) is 9.96. The number of carbonyl (C=O) groups is 2. The Kier molecular flexibility index (Phi) is 7.77. The highest BCUT2D eigenvalue weighted by Gasteiger charge is 2.40. The summed E-state index contributed by atoms with van der Waals surface area (Å²) >= 11 is 0. The molecule has 0 bridgehead atoms. The van der Waals surface area contributed by atoms with Gasteiger partial charge in [-0.15, -0.1) is 24.8 Å². The Labute approximate surface area is 189 Å². The Morgan fingerprint density at radius 3 is 2.67 bits per heavy atom. The van der Waals surface area contributed by atoms with E-state index >= 15 is 0 Å². The largest absolute Gasteiger partial charge is 0.399 e. The number of aromatic nitrogens is 2. The minimum atomic E-state index is -0.288. The molecule has 1 aliphatic heterocycles. The summed E-state index contributed by atoms with van der Waals surface area (Å²) in [7, 11) is 3.62. The summed E-state index contributed by atoms with van der Waals surface area (Å²) in [5.74, 6) is -0.217. The van der Waals surface area contributed by atoms with Crippen molar-refractivity contribution in [1.29, 1.82) is 0 Å². The zero-order chi connectivity index (χ0) is 19.8. The normalized spacial score (nSPS) is 23.1. The lowest BCUT2D eigenvalue weighted by Gasteiger charge is -2.38. The molecule has 1 aromatic heterocycles. The molecule has 1 fully saturated rings. The predicted molar refractivity (Wildman–Crippen MR) is 121 cm³/mol. The lowest BCUT2D eigenvalue weighted by molar-refractivity contribution is -0.142. The van der Waals surface area contributed by atoms with Crippen LogP contribution in [0.1, 0.15) is 54.5 Å². The third kappa shape index (κ3) is 4.57. The van der Waals surface area contributed by atoms with Gasteiger partial charge in [-0.05, 0) is 48.9 Å². The van der Waals surface area contributed by atoms with Crippen LogP contribution in [0, 0.1) is 5.92 Å². The van der Waals surface area contributed by atoms with E-state index in [2.05, 4.69) is 10.4 Å². The third-order valence-electron chi connectivity index (χ3n) is 6.06. The number of piperidine rings is 1. The Bertz CT molecular complexity index is 917. The Balaban J connectivity index is 0.00000160. The molecule has 2 aromatic rings. The number of nitrogens with two attached hydrogens (primary N) is 1. The van der Waals surface area contributed by atoms with E-state index in [1.165, 1.54) is 5.56 Å². The Morgan fingerprint density at radius 1 is 1.20 bits per heavy atom. The zero-order valence-corrected chi connectivity index (χ0v) is 18.8. The minimum Gasteiger partial charge on any atom is -0.399 e. The van der Waals surface area contributed by atoms with E-state index in [-0.39, 0.29) is 54.6 Å². The van der Waals surface area contributed by atoms with Crippen LogP contribution in [0.25, 0.3) is 0 Å². The van der Waals surface area contributed by atoms with Crippen LogP contribution in [0.15, 0.2) is 30.6 Å². The molecule has 3 unspecified atom stereocenters. The lowest BCUT2D eigenvalue weighted by Crippen LogP contribution is -2.47. The number of benzene rings is 1. The molecule has 164 valence electrons. The van der Waals surface area contributed by atoms with E-state index in [0.29, 0.717) is 12.8 Å². The van der Waals surface area contributed by atoms with Gasteiger partial charge in [-0.25, -0.2) is 0 Å². The van der Waals surface area contributed by atoms with Crippen molar-refractivity contribution in [2.75, 3.05) is 12.8 Å². The number of anilines is 1. The number of nitrogens with one attached hydrogen (secondary N) is 1. The van der Waals surface area contributed by atoms with Crippen LogP contribution in [0.5, 0.6) is 0 Å². The van der Waals surface area contributed by atoms with Gasteiger partial charge in [0.2, 0.25) is 11.8 Å². The number of nitrogen functional groups attached to an aromatic ring is 1. The van der Waals surface area contributed by atoms with Crippen molar-refractivity contribution in [2.24, 2.45) is 13.0 Å². The number of halogens is 2. The second-order valence-electron chi connectivity index (χ2n) is 7.95. The van der Waals surface area contributed by atoms with E-state index < -0.39 is 0 Å². The van der Waals surface area contributed by atoms with Crippen molar-refractivity contribution < 1.29 is 9.59 Å². The minimum absolute atomic E-state index is 0. The van der Waals surface area contributed by atoms with Crippen LogP contribution in [0.2, 0.25) is 0 Å². The average molecular weight is 454 g/mol. The number of hydrogen-bond acceptors (Lipinski definition) is 4.